The minimum Gasteiger partial charge on any atom is -0.477 e. The third-order valence-electron chi connectivity index (χ3n) is 8.18. The Hall–Kier alpha value is -3.75. The molecule has 0 aromatic heterocycles. The number of carboxylic acids is 1. The highest BCUT2D eigenvalue weighted by Gasteiger charge is 2.56. The normalized spacial score (nSPS) is 30.9. The molecule has 17 heteroatoms. The van der Waals surface area contributed by atoms with Crippen molar-refractivity contribution in [1.29, 1.82) is 0 Å². The molecule has 0 radical (unpaired) electrons. The Bertz CT molecular complexity index is 1430. The van der Waals surface area contributed by atoms with E-state index in [1.807, 2.05) is 6.07 Å². The van der Waals surface area contributed by atoms with E-state index in [1.165, 1.54) is 12.1 Å². The number of hydrogen-bond acceptors (Lipinski definition) is 14. The molecule has 9 N–H and O–H groups in total. The van der Waals surface area contributed by atoms with Crippen molar-refractivity contribution in [2.24, 2.45) is 0 Å². The van der Waals surface area contributed by atoms with E-state index in [0.29, 0.717) is 17.9 Å². The molecule has 4 rings (SSSR count). The Labute approximate surface area is 287 Å². The first-order valence-electron chi connectivity index (χ1n) is 16.0. The second-order valence-electron chi connectivity index (χ2n) is 12.0. The summed E-state index contributed by atoms with van der Waals surface area (Å²) in [5.41, 5.74) is 0.158. The number of benzene rings is 2. The van der Waals surface area contributed by atoms with Gasteiger partial charge in [0.2, 0.25) is 5.91 Å². The van der Waals surface area contributed by atoms with Crippen LogP contribution in [0.3, 0.4) is 0 Å². The molecule has 0 unspecified atom stereocenters. The van der Waals surface area contributed by atoms with Gasteiger partial charge in [-0.2, -0.15) is 0 Å². The van der Waals surface area contributed by atoms with Gasteiger partial charge in [-0.15, -0.1) is 0 Å². The summed E-state index contributed by atoms with van der Waals surface area (Å²) in [5, 5.41) is 79.2. The summed E-state index contributed by atoms with van der Waals surface area (Å²) >= 11 is 0. The van der Waals surface area contributed by atoms with Crippen LogP contribution in [0.15, 0.2) is 54.6 Å². The van der Waals surface area contributed by atoms with Gasteiger partial charge in [-0.1, -0.05) is 31.2 Å². The van der Waals surface area contributed by atoms with Crippen molar-refractivity contribution in [3.8, 4) is 11.5 Å². The Morgan fingerprint density at radius 1 is 0.980 bits per heavy atom. The zero-order valence-electron chi connectivity index (χ0n) is 27.4. The average molecular weight is 709 g/mol. The molecule has 17 nitrogen and oxygen atoms in total. The first kappa shape index (κ1) is 39.0. The van der Waals surface area contributed by atoms with Crippen molar-refractivity contribution in [3.05, 3.63) is 60.2 Å². The van der Waals surface area contributed by atoms with Gasteiger partial charge in [0.1, 0.15) is 48.1 Å². The molecule has 2 aromatic carbocycles. The first-order chi connectivity index (χ1) is 23.8. The highest BCUT2D eigenvalue weighted by molar-refractivity contribution is 5.94. The number of aliphatic hydroxyl groups excluding tert-OH is 6. The number of aliphatic carboxylic acids is 1. The quantitative estimate of drug-likeness (QED) is 0.103. The molecule has 276 valence electrons. The molecular weight excluding hydrogens is 664 g/mol. The minimum absolute atomic E-state index is 0.133. The maximum absolute atomic E-state index is 12.9. The average Bonchev–Trinajstić information content (AvgIpc) is 3.09. The predicted molar refractivity (Wildman–Crippen MR) is 170 cm³/mol. The summed E-state index contributed by atoms with van der Waals surface area (Å²) in [6.45, 7) is 1.68. The summed E-state index contributed by atoms with van der Waals surface area (Å²) in [5.74, 6) is -4.94. The van der Waals surface area contributed by atoms with Crippen LogP contribution in [0.4, 0.5) is 0 Å². The maximum atomic E-state index is 12.9. The lowest BCUT2D eigenvalue weighted by molar-refractivity contribution is -0.338. The summed E-state index contributed by atoms with van der Waals surface area (Å²) in [6.07, 6.45) is -15.6. The van der Waals surface area contributed by atoms with Gasteiger partial charge in [0.25, 0.3) is 11.7 Å². The number of nitrogens with one attached hydrogen (secondary N) is 2. The largest absolute Gasteiger partial charge is 0.477 e. The fraction of sp³-hybridized carbons (Fsp3) is 0.545. The molecule has 2 heterocycles. The standard InChI is InChI=1S/C33H44N2O15/c1-3-12-46-31-28(42)27(41)26(40)23(49-31)16-47-33(32(44)45)14-21(37)24(35-17(2)36)29(50-33)25(39)22(38)15-34-30(43)18-8-7-11-20(13-18)48-19-9-5-4-6-10-19/h4-11,13,21-29,31,37-42H,3,12,14-16H2,1-2H3,(H,34,43)(H,35,36)(H,44,45)/t21-,22+,23+,24+,25+,26-,27-,28+,29+,31+,33+/m0/s1. The van der Waals surface area contributed by atoms with Gasteiger partial charge in [-0.25, -0.2) is 4.79 Å². The third kappa shape index (κ3) is 9.52. The van der Waals surface area contributed by atoms with Crippen molar-refractivity contribution in [3.63, 3.8) is 0 Å². The first-order valence-corrected chi connectivity index (χ1v) is 16.0. The van der Waals surface area contributed by atoms with Crippen molar-refractivity contribution in [1.82, 2.24) is 10.6 Å². The van der Waals surface area contributed by atoms with Gasteiger partial charge < -0.3 is 70.1 Å². The Balaban J connectivity index is 1.46. The molecule has 2 saturated heterocycles. The maximum Gasteiger partial charge on any atom is 0.364 e. The number of para-hydroxylation sites is 1. The smallest absolute Gasteiger partial charge is 0.364 e. The fourth-order valence-corrected chi connectivity index (χ4v) is 5.56. The van der Waals surface area contributed by atoms with E-state index in [0.717, 1.165) is 6.92 Å². The Kier molecular flexibility index (Phi) is 13.6. The highest BCUT2D eigenvalue weighted by Crippen LogP contribution is 2.35. The van der Waals surface area contributed by atoms with Gasteiger partial charge in [-0.3, -0.25) is 9.59 Å². The van der Waals surface area contributed by atoms with Crippen LogP contribution in [-0.2, 0) is 28.5 Å². The second-order valence-corrected chi connectivity index (χ2v) is 12.0. The van der Waals surface area contributed by atoms with Crippen molar-refractivity contribution in [2.45, 2.75) is 93.6 Å². The summed E-state index contributed by atoms with van der Waals surface area (Å²) in [7, 11) is 0. The predicted octanol–water partition coefficient (Wildman–Crippen LogP) is -1.38. The van der Waals surface area contributed by atoms with Crippen LogP contribution in [0.1, 0.15) is 37.0 Å². The van der Waals surface area contributed by atoms with Gasteiger partial charge in [0, 0.05) is 32.1 Å². The number of carbonyl (C=O) groups is 3. The van der Waals surface area contributed by atoms with Crippen LogP contribution in [0.25, 0.3) is 0 Å². The molecule has 2 aromatic rings. The van der Waals surface area contributed by atoms with Gasteiger partial charge in [0.05, 0.1) is 24.9 Å². The summed E-state index contributed by atoms with van der Waals surface area (Å²) < 4.78 is 27.9. The van der Waals surface area contributed by atoms with Crippen LogP contribution in [-0.4, -0.2) is 140 Å². The van der Waals surface area contributed by atoms with Crippen LogP contribution in [0.2, 0.25) is 0 Å². The van der Waals surface area contributed by atoms with E-state index >= 15 is 0 Å². The Morgan fingerprint density at radius 2 is 1.68 bits per heavy atom. The lowest BCUT2D eigenvalue weighted by atomic mass is 9.88. The topological polar surface area (TPSA) is 263 Å². The molecule has 0 spiro atoms. The number of ether oxygens (including phenoxy) is 5. The minimum atomic E-state index is -2.73. The summed E-state index contributed by atoms with van der Waals surface area (Å²) in [6, 6.07) is 13.6. The Morgan fingerprint density at radius 3 is 2.34 bits per heavy atom. The van der Waals surface area contributed by atoms with E-state index in [9.17, 15) is 50.1 Å². The van der Waals surface area contributed by atoms with Crippen LogP contribution in [0, 0.1) is 0 Å². The van der Waals surface area contributed by atoms with Crippen LogP contribution in [0.5, 0.6) is 11.5 Å². The number of aliphatic hydroxyl groups is 6. The zero-order valence-corrected chi connectivity index (χ0v) is 27.4. The van der Waals surface area contributed by atoms with Gasteiger partial charge in [-0.05, 0) is 36.8 Å². The molecule has 11 atom stereocenters. The van der Waals surface area contributed by atoms with E-state index in [-0.39, 0.29) is 12.2 Å². The molecule has 2 aliphatic rings. The van der Waals surface area contributed by atoms with Gasteiger partial charge in [0.15, 0.2) is 6.29 Å². The number of amides is 2. The van der Waals surface area contributed by atoms with Crippen LogP contribution < -0.4 is 15.4 Å². The molecular formula is C33H44N2O15. The number of hydrogen-bond donors (Lipinski definition) is 9. The molecule has 0 aliphatic carbocycles. The number of rotatable bonds is 15. The van der Waals surface area contributed by atoms with E-state index in [4.69, 9.17) is 23.7 Å². The molecule has 2 fully saturated rings. The highest BCUT2D eigenvalue weighted by atomic mass is 16.7. The number of carbonyl (C=O) groups excluding carboxylic acids is 2. The molecule has 0 saturated carbocycles. The zero-order chi connectivity index (χ0) is 36.6. The summed E-state index contributed by atoms with van der Waals surface area (Å²) in [4.78, 5) is 37.5. The lowest BCUT2D eigenvalue weighted by Gasteiger charge is -2.47. The van der Waals surface area contributed by atoms with Crippen molar-refractivity contribution >= 4 is 17.8 Å². The molecule has 2 aliphatic heterocycles. The third-order valence-corrected chi connectivity index (χ3v) is 8.18. The van der Waals surface area contributed by atoms with Gasteiger partial charge >= 0.3 is 5.97 Å². The molecule has 50 heavy (non-hydrogen) atoms. The lowest BCUT2D eigenvalue weighted by Crippen LogP contribution is -2.68. The van der Waals surface area contributed by atoms with E-state index < -0.39 is 104 Å². The molecule has 0 bridgehead atoms. The van der Waals surface area contributed by atoms with E-state index in [2.05, 4.69) is 10.6 Å². The van der Waals surface area contributed by atoms with E-state index in [1.54, 1.807) is 43.3 Å². The van der Waals surface area contributed by atoms with Crippen molar-refractivity contribution in [2.75, 3.05) is 19.8 Å². The molecule has 2 amide bonds. The second kappa shape index (κ2) is 17.5. The fourth-order valence-electron chi connectivity index (χ4n) is 5.56. The van der Waals surface area contributed by atoms with Crippen molar-refractivity contribution < 1.29 is 73.8 Å². The SMILES string of the molecule is CCCO[C@@H]1O[C@H](CO[C@]2(C(=O)O)C[C@H](O)[C@@H](NC(C)=O)[C@H]([C@H](O)[C@H](O)CNC(=O)c3cccc(Oc4ccccc4)c3)O2)[C@H](O)[C@H](O)[C@H]1O. The van der Waals surface area contributed by atoms with Crippen LogP contribution >= 0.6 is 0 Å². The number of carboxylic acid groups (broad SMARTS) is 1. The monoisotopic (exact) mass is 708 g/mol.